The SMILES string of the molecule is COc1cc(C(=O)N[C@@H]2C[C@@H](CO)N(C)C2)ccc1-c1cc2nccc(-c3ccc(OC4CCOCC4)c(C#N)c3)c2o1. The van der Waals surface area contributed by atoms with Crippen LogP contribution in [-0.2, 0) is 4.74 Å². The molecule has 4 heterocycles. The number of hydrogen-bond donors (Lipinski definition) is 2. The van der Waals surface area contributed by atoms with Gasteiger partial charge in [0.25, 0.3) is 5.91 Å². The first-order chi connectivity index (χ1) is 21.0. The molecule has 2 saturated heterocycles. The van der Waals surface area contributed by atoms with Gasteiger partial charge in [0.05, 0.1) is 38.1 Å². The normalized spacial score (nSPS) is 19.3. The van der Waals surface area contributed by atoms with Crippen molar-refractivity contribution in [1.82, 2.24) is 15.2 Å². The number of benzene rings is 2. The van der Waals surface area contributed by atoms with Crippen molar-refractivity contribution in [3.8, 4) is 40.0 Å². The van der Waals surface area contributed by atoms with Crippen molar-refractivity contribution in [2.24, 2.45) is 0 Å². The molecule has 43 heavy (non-hydrogen) atoms. The zero-order chi connectivity index (χ0) is 29.9. The lowest BCUT2D eigenvalue weighted by atomic mass is 10.0. The van der Waals surface area contributed by atoms with Gasteiger partial charge in [-0.15, -0.1) is 0 Å². The molecule has 2 fully saturated rings. The number of ether oxygens (including phenoxy) is 3. The number of aliphatic hydroxyl groups excluding tert-OH is 1. The summed E-state index contributed by atoms with van der Waals surface area (Å²) in [6.45, 7) is 2.06. The second kappa shape index (κ2) is 12.4. The summed E-state index contributed by atoms with van der Waals surface area (Å²) in [6, 6.07) is 16.8. The zero-order valence-corrected chi connectivity index (χ0v) is 24.2. The standard InChI is InChI=1S/C33H34N4O6/c1-37-18-23(15-24(37)19-38)36-33(39)21-3-5-27(30(14-21)40-2)31-16-28-32(43-31)26(7-10-35-28)20-4-6-29(22(13-20)17-34)42-25-8-11-41-12-9-25/h3-7,10,13-14,16,23-25,38H,8-9,11-12,15,18-19H2,1-2H3,(H,36,39)/t23-,24+/m1/s1. The Balaban J connectivity index is 1.26. The summed E-state index contributed by atoms with van der Waals surface area (Å²) in [5.41, 5.74) is 4.44. The maximum atomic E-state index is 13.0. The highest BCUT2D eigenvalue weighted by atomic mass is 16.5. The number of likely N-dealkylation sites (N-methyl/N-ethyl adjacent to an activating group) is 1. The number of rotatable bonds is 8. The summed E-state index contributed by atoms with van der Waals surface area (Å²) in [5, 5.41) is 22.5. The van der Waals surface area contributed by atoms with Crippen molar-refractivity contribution < 1.29 is 28.5 Å². The predicted octanol–water partition coefficient (Wildman–Crippen LogP) is 4.39. The van der Waals surface area contributed by atoms with Gasteiger partial charge in [0.15, 0.2) is 5.58 Å². The molecular weight excluding hydrogens is 548 g/mol. The van der Waals surface area contributed by atoms with Crippen LogP contribution >= 0.6 is 0 Å². The Morgan fingerprint density at radius 3 is 2.72 bits per heavy atom. The number of carbonyl (C=O) groups excluding carboxylic acids is 1. The fourth-order valence-corrected chi connectivity index (χ4v) is 5.86. The molecule has 2 aromatic heterocycles. The summed E-state index contributed by atoms with van der Waals surface area (Å²) in [7, 11) is 3.50. The van der Waals surface area contributed by atoms with Crippen LogP contribution in [-0.4, -0.2) is 79.6 Å². The number of amides is 1. The molecular formula is C33H34N4O6. The molecule has 0 aliphatic carbocycles. The molecule has 10 heteroatoms. The van der Waals surface area contributed by atoms with Crippen molar-refractivity contribution in [2.45, 2.75) is 37.5 Å². The molecule has 2 aromatic carbocycles. The van der Waals surface area contributed by atoms with Crippen LogP contribution in [0.5, 0.6) is 11.5 Å². The summed E-state index contributed by atoms with van der Waals surface area (Å²) in [4.78, 5) is 19.6. The molecule has 222 valence electrons. The van der Waals surface area contributed by atoms with Gasteiger partial charge in [0, 0.05) is 54.9 Å². The predicted molar refractivity (Wildman–Crippen MR) is 160 cm³/mol. The minimum Gasteiger partial charge on any atom is -0.496 e. The fraction of sp³-hybridized carbons (Fsp3) is 0.364. The summed E-state index contributed by atoms with van der Waals surface area (Å²) >= 11 is 0. The molecule has 0 spiro atoms. The highest BCUT2D eigenvalue weighted by molar-refractivity contribution is 5.97. The number of nitrogens with zero attached hydrogens (tertiary/aromatic N) is 3. The number of fused-ring (bicyclic) bond motifs is 1. The van der Waals surface area contributed by atoms with E-state index < -0.39 is 0 Å². The third-order valence-electron chi connectivity index (χ3n) is 8.25. The van der Waals surface area contributed by atoms with Crippen LogP contribution in [0.25, 0.3) is 33.6 Å². The highest BCUT2D eigenvalue weighted by Crippen LogP contribution is 2.38. The molecule has 2 atom stereocenters. The topological polar surface area (TPSA) is 130 Å². The molecule has 2 N–H and O–H groups in total. The van der Waals surface area contributed by atoms with Crippen LogP contribution in [0, 0.1) is 11.3 Å². The van der Waals surface area contributed by atoms with Crippen LogP contribution in [0.3, 0.4) is 0 Å². The zero-order valence-electron chi connectivity index (χ0n) is 24.2. The first-order valence-corrected chi connectivity index (χ1v) is 14.4. The summed E-state index contributed by atoms with van der Waals surface area (Å²) in [5.74, 6) is 1.40. The van der Waals surface area contributed by atoms with Crippen molar-refractivity contribution in [3.05, 3.63) is 65.9 Å². The van der Waals surface area contributed by atoms with Crippen molar-refractivity contribution in [3.63, 3.8) is 0 Å². The molecule has 2 aliphatic heterocycles. The smallest absolute Gasteiger partial charge is 0.251 e. The largest absolute Gasteiger partial charge is 0.496 e. The van der Waals surface area contributed by atoms with Crippen LogP contribution in [0.2, 0.25) is 0 Å². The lowest BCUT2D eigenvalue weighted by Gasteiger charge is -2.23. The maximum Gasteiger partial charge on any atom is 0.251 e. The number of methoxy groups -OCH3 is 1. The Bertz CT molecular complexity index is 1670. The van der Waals surface area contributed by atoms with E-state index in [0.29, 0.717) is 71.2 Å². The first-order valence-electron chi connectivity index (χ1n) is 14.4. The minimum atomic E-state index is -0.201. The fourth-order valence-electron chi connectivity index (χ4n) is 5.86. The van der Waals surface area contributed by atoms with Gasteiger partial charge >= 0.3 is 0 Å². The maximum absolute atomic E-state index is 13.0. The number of furan rings is 1. The minimum absolute atomic E-state index is 0.0300. The third kappa shape index (κ3) is 5.92. The lowest BCUT2D eigenvalue weighted by molar-refractivity contribution is 0.0254. The number of pyridine rings is 1. The monoisotopic (exact) mass is 582 g/mol. The molecule has 0 radical (unpaired) electrons. The van der Waals surface area contributed by atoms with Crippen molar-refractivity contribution in [1.29, 1.82) is 5.26 Å². The average molecular weight is 583 g/mol. The van der Waals surface area contributed by atoms with Crippen molar-refractivity contribution >= 4 is 17.0 Å². The Kier molecular flexibility index (Phi) is 8.29. The lowest BCUT2D eigenvalue weighted by Crippen LogP contribution is -2.36. The van der Waals surface area contributed by atoms with Gasteiger partial charge in [-0.3, -0.25) is 14.7 Å². The number of aromatic nitrogens is 1. The van der Waals surface area contributed by atoms with E-state index in [9.17, 15) is 15.2 Å². The molecule has 4 aromatic rings. The van der Waals surface area contributed by atoms with Crippen LogP contribution in [0.1, 0.15) is 35.2 Å². The summed E-state index contributed by atoms with van der Waals surface area (Å²) < 4.78 is 23.6. The number of nitriles is 1. The molecule has 6 rings (SSSR count). The first kappa shape index (κ1) is 28.7. The van der Waals surface area contributed by atoms with E-state index in [2.05, 4.69) is 21.3 Å². The van der Waals surface area contributed by atoms with Gasteiger partial charge in [-0.25, -0.2) is 0 Å². The Hall–Kier alpha value is -4.43. The van der Waals surface area contributed by atoms with Gasteiger partial charge < -0.3 is 29.1 Å². The number of aliphatic hydroxyl groups is 1. The van der Waals surface area contributed by atoms with Crippen molar-refractivity contribution in [2.75, 3.05) is 40.5 Å². The number of likely N-dealkylation sites (tertiary alicyclic amines) is 1. The second-order valence-electron chi connectivity index (χ2n) is 11.0. The van der Waals surface area contributed by atoms with E-state index in [4.69, 9.17) is 18.6 Å². The van der Waals surface area contributed by atoms with E-state index in [1.807, 2.05) is 37.4 Å². The Morgan fingerprint density at radius 1 is 1.14 bits per heavy atom. The van der Waals surface area contributed by atoms with E-state index >= 15 is 0 Å². The van der Waals surface area contributed by atoms with E-state index in [-0.39, 0.29) is 30.7 Å². The average Bonchev–Trinajstić information content (AvgIpc) is 3.64. The third-order valence-corrected chi connectivity index (χ3v) is 8.25. The highest BCUT2D eigenvalue weighted by Gasteiger charge is 2.30. The van der Waals surface area contributed by atoms with Gasteiger partial charge in [-0.2, -0.15) is 5.26 Å². The van der Waals surface area contributed by atoms with E-state index in [0.717, 1.165) is 24.0 Å². The van der Waals surface area contributed by atoms with Crippen LogP contribution in [0.15, 0.2) is 59.1 Å². The van der Waals surface area contributed by atoms with E-state index in [1.165, 1.54) is 0 Å². The second-order valence-corrected chi connectivity index (χ2v) is 11.0. The molecule has 0 bridgehead atoms. The molecule has 2 aliphatic rings. The molecule has 1 amide bonds. The van der Waals surface area contributed by atoms with Gasteiger partial charge in [-0.05, 0) is 55.4 Å². The summed E-state index contributed by atoms with van der Waals surface area (Å²) in [6.07, 6.45) is 4.03. The van der Waals surface area contributed by atoms with Gasteiger partial charge in [0.2, 0.25) is 0 Å². The van der Waals surface area contributed by atoms with Crippen LogP contribution in [0.4, 0.5) is 0 Å². The molecule has 0 unspecified atom stereocenters. The van der Waals surface area contributed by atoms with E-state index in [1.54, 1.807) is 31.5 Å². The number of carbonyl (C=O) groups is 1. The molecule has 10 nitrogen and oxygen atoms in total. The van der Waals surface area contributed by atoms with Crippen LogP contribution < -0.4 is 14.8 Å². The Labute approximate surface area is 249 Å². The number of nitrogens with one attached hydrogen (secondary N) is 1. The molecule has 0 saturated carbocycles. The van der Waals surface area contributed by atoms with Gasteiger partial charge in [-0.1, -0.05) is 6.07 Å². The van der Waals surface area contributed by atoms with Gasteiger partial charge in [0.1, 0.15) is 34.9 Å². The Morgan fingerprint density at radius 2 is 1.98 bits per heavy atom. The number of hydrogen-bond acceptors (Lipinski definition) is 9. The quantitative estimate of drug-likeness (QED) is 0.311.